The van der Waals surface area contributed by atoms with Crippen molar-refractivity contribution in [1.29, 1.82) is 0 Å². The summed E-state index contributed by atoms with van der Waals surface area (Å²) in [4.78, 5) is 0. The summed E-state index contributed by atoms with van der Waals surface area (Å²) in [5.74, 6) is 0.850. The van der Waals surface area contributed by atoms with Crippen molar-refractivity contribution in [2.24, 2.45) is 0 Å². The average molecular weight is 450 g/mol. The fourth-order valence-corrected chi connectivity index (χ4v) is 2.52. The molecule has 1 fully saturated rings. The quantitative estimate of drug-likeness (QED) is 0.343. The van der Waals surface area contributed by atoms with E-state index in [4.69, 9.17) is 9.47 Å². The molecule has 3 aliphatic rings. The zero-order chi connectivity index (χ0) is 9.71. The Bertz CT molecular complexity index is 444. The monoisotopic (exact) mass is 446 g/mol. The number of rotatable bonds is 0. The van der Waals surface area contributed by atoms with Gasteiger partial charge in [-0.2, -0.15) is 0 Å². The number of allylic oxidation sites excluding steroid dienone is 6. The summed E-state index contributed by atoms with van der Waals surface area (Å²) < 4.78 is 11.6. The van der Waals surface area contributed by atoms with Gasteiger partial charge in [0.05, 0.1) is 4.48 Å². The molecule has 1 aliphatic heterocycles. The van der Waals surface area contributed by atoms with Crippen molar-refractivity contribution >= 4 is 15.9 Å². The molecule has 18 heavy (non-hydrogen) atoms. The molecule has 0 saturated carbocycles. The molecule has 0 aromatic heterocycles. The molecule has 0 N–H and O–H groups in total. The number of hydrogen-bond donors (Lipinski definition) is 0. The topological polar surface area (TPSA) is 18.5 Å². The average Bonchev–Trinajstić information content (AvgIpc) is 2.71. The molecule has 96 valence electrons. The van der Waals surface area contributed by atoms with Gasteiger partial charge in [-0.15, -0.1) is 0 Å². The van der Waals surface area contributed by atoms with Gasteiger partial charge in [0.2, 0.25) is 0 Å². The van der Waals surface area contributed by atoms with E-state index in [2.05, 4.69) is 41.1 Å². The first-order valence-corrected chi connectivity index (χ1v) is 5.21. The van der Waals surface area contributed by atoms with Gasteiger partial charge in [-0.3, -0.25) is 0 Å². The van der Waals surface area contributed by atoms with E-state index in [9.17, 15) is 0 Å². The predicted octanol–water partition coefficient (Wildman–Crippen LogP) is -6.04. The van der Waals surface area contributed by atoms with Crippen LogP contribution in [0.25, 0.3) is 0 Å². The van der Waals surface area contributed by atoms with Crippen molar-refractivity contribution < 1.29 is 72.9 Å². The van der Waals surface area contributed by atoms with E-state index >= 15 is 0 Å². The van der Waals surface area contributed by atoms with Gasteiger partial charge in [0.25, 0.3) is 0 Å². The SMILES string of the molecule is CC1=CC2=CC3O[CH-]OC3=C(Br)C2=C1.[Cl-].[Cl-].[Cl-].[Zr+4]. The van der Waals surface area contributed by atoms with E-state index in [1.54, 1.807) is 0 Å². The largest absolute Gasteiger partial charge is 4.00 e. The third-order valence-corrected chi connectivity index (χ3v) is 3.30. The second-order valence-corrected chi connectivity index (χ2v) is 4.31. The van der Waals surface area contributed by atoms with Crippen LogP contribution >= 0.6 is 15.9 Å². The standard InChI is InChI=1S/C11H8BrO2.3ClH.Zr/c1-6-2-7-4-9-11(14-5-13-9)10(12)8(7)3-6;;;;/h2-5,9H,1H3;3*1H;/q-1;;;;+4/p-3. The van der Waals surface area contributed by atoms with Crippen molar-refractivity contribution in [3.8, 4) is 0 Å². The fraction of sp³-hybridized carbons (Fsp3) is 0.182. The Morgan fingerprint density at radius 2 is 1.89 bits per heavy atom. The van der Waals surface area contributed by atoms with Crippen molar-refractivity contribution in [1.82, 2.24) is 0 Å². The normalized spacial score (nSPS) is 22.6. The zero-order valence-corrected chi connectivity index (χ0v) is 15.5. The summed E-state index contributed by atoms with van der Waals surface area (Å²) >= 11 is 3.54. The molecule has 1 unspecified atom stereocenters. The van der Waals surface area contributed by atoms with Crippen LogP contribution < -0.4 is 37.2 Å². The molecular formula is C11H8BrCl3O2Zr. The Morgan fingerprint density at radius 1 is 1.22 bits per heavy atom. The van der Waals surface area contributed by atoms with Gasteiger partial charge in [0, 0.05) is 0 Å². The second kappa shape index (κ2) is 8.29. The summed E-state index contributed by atoms with van der Waals surface area (Å²) in [6, 6.07) is 0. The molecule has 1 atom stereocenters. The molecule has 0 bridgehead atoms. The molecule has 2 nitrogen and oxygen atoms in total. The van der Waals surface area contributed by atoms with Crippen LogP contribution in [-0.2, 0) is 35.7 Å². The third-order valence-electron chi connectivity index (χ3n) is 2.49. The van der Waals surface area contributed by atoms with Crippen molar-refractivity contribution in [2.45, 2.75) is 13.0 Å². The number of fused-ring (bicyclic) bond motifs is 2. The number of hydrogen-bond acceptors (Lipinski definition) is 2. The maximum atomic E-state index is 5.30. The molecule has 0 spiro atoms. The molecule has 1 heterocycles. The third kappa shape index (κ3) is 3.53. The van der Waals surface area contributed by atoms with Crippen LogP contribution in [0.1, 0.15) is 6.92 Å². The summed E-state index contributed by atoms with van der Waals surface area (Å²) in [7, 11) is 0. The number of ether oxygens (including phenoxy) is 2. The molecular weight excluding hydrogens is 442 g/mol. The van der Waals surface area contributed by atoms with Crippen LogP contribution in [0.15, 0.2) is 45.2 Å². The van der Waals surface area contributed by atoms with E-state index in [-0.39, 0.29) is 69.5 Å². The molecule has 3 rings (SSSR count). The second-order valence-electron chi connectivity index (χ2n) is 3.52. The zero-order valence-electron chi connectivity index (χ0n) is 9.22. The van der Waals surface area contributed by atoms with Crippen molar-refractivity contribution in [3.63, 3.8) is 0 Å². The minimum absolute atomic E-state index is 0. The minimum Gasteiger partial charge on any atom is -1.00 e. The minimum atomic E-state index is -0.0568. The first-order valence-electron chi connectivity index (χ1n) is 4.42. The van der Waals surface area contributed by atoms with E-state index in [0.29, 0.717) is 0 Å². The number of halogens is 4. The Hall–Kier alpha value is 0.953. The van der Waals surface area contributed by atoms with Gasteiger partial charge in [-0.1, -0.05) is 12.2 Å². The summed E-state index contributed by atoms with van der Waals surface area (Å²) in [5, 5.41) is 0. The predicted molar refractivity (Wildman–Crippen MR) is 56.1 cm³/mol. The fourth-order valence-electron chi connectivity index (χ4n) is 1.86. The van der Waals surface area contributed by atoms with E-state index in [1.165, 1.54) is 23.5 Å². The van der Waals surface area contributed by atoms with Gasteiger partial charge < -0.3 is 46.7 Å². The molecule has 0 aromatic carbocycles. The summed E-state index contributed by atoms with van der Waals surface area (Å²) in [6.45, 7) is 3.47. The van der Waals surface area contributed by atoms with E-state index < -0.39 is 0 Å². The molecule has 0 amide bonds. The Balaban J connectivity index is 0. The van der Waals surface area contributed by atoms with Crippen molar-refractivity contribution in [2.75, 3.05) is 0 Å². The summed E-state index contributed by atoms with van der Waals surface area (Å²) in [5.41, 5.74) is 3.66. The van der Waals surface area contributed by atoms with Gasteiger partial charge in [-0.25, -0.2) is 0 Å². The molecule has 1 saturated heterocycles. The van der Waals surface area contributed by atoms with Crippen LogP contribution in [0.3, 0.4) is 0 Å². The van der Waals surface area contributed by atoms with Gasteiger partial charge in [-0.05, 0) is 52.4 Å². The van der Waals surface area contributed by atoms with Crippen LogP contribution in [0.5, 0.6) is 0 Å². The van der Waals surface area contributed by atoms with Crippen LogP contribution in [0.4, 0.5) is 0 Å². The first-order chi connectivity index (χ1) is 6.75. The van der Waals surface area contributed by atoms with Gasteiger partial charge in [0.1, 0.15) is 11.9 Å². The van der Waals surface area contributed by atoms with Gasteiger partial charge >= 0.3 is 26.2 Å². The Morgan fingerprint density at radius 3 is 2.56 bits per heavy atom. The maximum absolute atomic E-state index is 5.30. The molecule has 0 aromatic rings. The maximum Gasteiger partial charge on any atom is 4.00 e. The first kappa shape index (κ1) is 21.3. The molecule has 0 radical (unpaired) electrons. The van der Waals surface area contributed by atoms with Crippen LogP contribution in [0, 0.1) is 6.79 Å². The molecule has 7 heteroatoms. The Kier molecular flexibility index (Phi) is 9.79. The van der Waals surface area contributed by atoms with Crippen molar-refractivity contribution in [3.05, 3.63) is 52.0 Å². The van der Waals surface area contributed by atoms with E-state index in [1.807, 2.05) is 0 Å². The molecule has 2 aliphatic carbocycles. The van der Waals surface area contributed by atoms with Crippen LogP contribution in [-0.4, -0.2) is 6.10 Å². The van der Waals surface area contributed by atoms with Crippen LogP contribution in [0.2, 0.25) is 0 Å². The van der Waals surface area contributed by atoms with Gasteiger partial charge in [0.15, 0.2) is 0 Å². The smallest absolute Gasteiger partial charge is 1.00 e. The van der Waals surface area contributed by atoms with E-state index in [0.717, 1.165) is 10.2 Å². The Labute approximate surface area is 152 Å². The summed E-state index contributed by atoms with van der Waals surface area (Å²) in [6.07, 6.45) is 6.31.